The van der Waals surface area contributed by atoms with Crippen LogP contribution >= 0.6 is 11.5 Å². The van der Waals surface area contributed by atoms with Crippen molar-refractivity contribution in [1.29, 1.82) is 0 Å². The normalized spacial score (nSPS) is 24.1. The summed E-state index contributed by atoms with van der Waals surface area (Å²) in [6.07, 6.45) is 0.852. The van der Waals surface area contributed by atoms with Gasteiger partial charge in [0.1, 0.15) is 9.90 Å². The number of nitrogens with zero attached hydrogens (tertiary/aromatic N) is 2. The number of aliphatic hydroxyl groups is 1. The van der Waals surface area contributed by atoms with Gasteiger partial charge in [-0.3, -0.25) is 0 Å². The van der Waals surface area contributed by atoms with Crippen molar-refractivity contribution >= 4 is 32.2 Å². The summed E-state index contributed by atoms with van der Waals surface area (Å²) in [5.74, 6) is 0.278. The number of piperidine rings is 1. The molecule has 8 heteroatoms. The van der Waals surface area contributed by atoms with Crippen LogP contribution in [0.15, 0.2) is 4.90 Å². The number of hydrogen-bond donors (Lipinski definition) is 2. The number of anilines is 2. The van der Waals surface area contributed by atoms with Gasteiger partial charge in [0.15, 0.2) is 15.7 Å². The van der Waals surface area contributed by atoms with Crippen molar-refractivity contribution in [1.82, 2.24) is 4.37 Å². The van der Waals surface area contributed by atoms with Crippen LogP contribution < -0.4 is 10.6 Å². The zero-order valence-corrected chi connectivity index (χ0v) is 13.4. The van der Waals surface area contributed by atoms with Crippen molar-refractivity contribution < 1.29 is 13.5 Å². The van der Waals surface area contributed by atoms with Crippen LogP contribution in [0.4, 0.5) is 10.8 Å². The van der Waals surface area contributed by atoms with E-state index in [-0.39, 0.29) is 28.5 Å². The van der Waals surface area contributed by atoms with Crippen LogP contribution in [-0.4, -0.2) is 42.8 Å². The second kappa shape index (κ2) is 5.87. The lowest BCUT2D eigenvalue weighted by Gasteiger charge is -2.35. The monoisotopic (exact) mass is 319 g/mol. The molecule has 1 aromatic rings. The molecule has 1 aromatic heterocycles. The minimum atomic E-state index is -3.39. The molecule has 0 spiro atoms. The number of hydrogen-bond acceptors (Lipinski definition) is 7. The largest absolute Gasteiger partial charge is 0.393 e. The van der Waals surface area contributed by atoms with E-state index < -0.39 is 9.84 Å². The van der Waals surface area contributed by atoms with Crippen molar-refractivity contribution in [3.8, 4) is 0 Å². The Hall–Kier alpha value is -0.860. The van der Waals surface area contributed by atoms with Crippen LogP contribution in [0.2, 0.25) is 0 Å². The zero-order chi connectivity index (χ0) is 14.9. The maximum absolute atomic E-state index is 12.3. The highest BCUT2D eigenvalue weighted by Gasteiger charge is 2.32. The van der Waals surface area contributed by atoms with Crippen molar-refractivity contribution in [3.63, 3.8) is 0 Å². The molecule has 1 aliphatic rings. The van der Waals surface area contributed by atoms with Crippen LogP contribution in [0.1, 0.15) is 26.7 Å². The minimum absolute atomic E-state index is 0.0780. The van der Waals surface area contributed by atoms with Gasteiger partial charge >= 0.3 is 0 Å². The van der Waals surface area contributed by atoms with Crippen LogP contribution in [0, 0.1) is 5.92 Å². The summed E-state index contributed by atoms with van der Waals surface area (Å²) in [6, 6.07) is 0. The number of sulfone groups is 1. The van der Waals surface area contributed by atoms with Crippen molar-refractivity contribution in [2.45, 2.75) is 37.7 Å². The van der Waals surface area contributed by atoms with E-state index in [4.69, 9.17) is 5.73 Å². The Labute approximate surface area is 123 Å². The number of aromatic nitrogens is 1. The van der Waals surface area contributed by atoms with Gasteiger partial charge in [-0.25, -0.2) is 8.42 Å². The highest BCUT2D eigenvalue weighted by atomic mass is 32.2. The lowest BCUT2D eigenvalue weighted by molar-refractivity contribution is 0.0971. The Morgan fingerprint density at radius 2 is 2.25 bits per heavy atom. The van der Waals surface area contributed by atoms with Crippen molar-refractivity contribution in [3.05, 3.63) is 0 Å². The Morgan fingerprint density at radius 1 is 1.55 bits per heavy atom. The van der Waals surface area contributed by atoms with E-state index in [9.17, 15) is 13.5 Å². The van der Waals surface area contributed by atoms with Crippen LogP contribution in [-0.2, 0) is 9.84 Å². The van der Waals surface area contributed by atoms with Crippen LogP contribution in [0.25, 0.3) is 0 Å². The molecular formula is C12H21N3O3S2. The number of aliphatic hydroxyl groups excluding tert-OH is 1. The quantitative estimate of drug-likeness (QED) is 0.863. The number of nitrogen functional groups attached to an aromatic ring is 1. The average Bonchev–Trinajstić information content (AvgIpc) is 2.75. The third-order valence-electron chi connectivity index (χ3n) is 3.59. The molecular weight excluding hydrogens is 298 g/mol. The maximum Gasteiger partial charge on any atom is 0.185 e. The first-order chi connectivity index (χ1) is 9.36. The molecule has 2 unspecified atom stereocenters. The standard InChI is InChI=1S/C12H21N3O3S2/c1-3-6-20(17,18)10-11(13)14-19-12(10)15-5-4-9(16)8(2)7-15/h8-9,16H,3-7H2,1-2H3,(H2,13,14). The summed E-state index contributed by atoms with van der Waals surface area (Å²) in [5, 5.41) is 10.4. The highest BCUT2D eigenvalue weighted by Crippen LogP contribution is 2.37. The molecule has 0 radical (unpaired) electrons. The molecule has 6 nitrogen and oxygen atoms in total. The van der Waals surface area contributed by atoms with Crippen molar-refractivity contribution in [2.75, 3.05) is 29.5 Å². The molecule has 0 aromatic carbocycles. The molecule has 1 fully saturated rings. The maximum atomic E-state index is 12.3. The Balaban J connectivity index is 2.35. The number of nitrogens with two attached hydrogens (primary N) is 1. The Bertz CT molecular complexity index is 571. The van der Waals surface area contributed by atoms with E-state index in [2.05, 4.69) is 4.37 Å². The van der Waals surface area contributed by atoms with Gasteiger partial charge in [-0.2, -0.15) is 4.37 Å². The molecule has 0 saturated carbocycles. The smallest absolute Gasteiger partial charge is 0.185 e. The van der Waals surface area contributed by atoms with Gasteiger partial charge in [-0.1, -0.05) is 13.8 Å². The molecule has 2 heterocycles. The highest BCUT2D eigenvalue weighted by molar-refractivity contribution is 7.91. The van der Waals surface area contributed by atoms with Gasteiger partial charge in [0.05, 0.1) is 11.9 Å². The summed E-state index contributed by atoms with van der Waals surface area (Å²) in [4.78, 5) is 2.15. The molecule has 0 aliphatic carbocycles. The predicted molar refractivity (Wildman–Crippen MR) is 80.9 cm³/mol. The van der Waals surface area contributed by atoms with Gasteiger partial charge in [-0.15, -0.1) is 0 Å². The summed E-state index contributed by atoms with van der Waals surface area (Å²) in [7, 11) is -3.39. The second-order valence-electron chi connectivity index (χ2n) is 5.30. The van der Waals surface area contributed by atoms with E-state index in [0.29, 0.717) is 30.9 Å². The van der Waals surface area contributed by atoms with Crippen LogP contribution in [0.3, 0.4) is 0 Å². The molecule has 3 N–H and O–H groups in total. The third kappa shape index (κ3) is 2.91. The Kier molecular flexibility index (Phi) is 4.55. The van der Waals surface area contributed by atoms with E-state index in [1.54, 1.807) is 0 Å². The predicted octanol–water partition coefficient (Wildman–Crippen LogP) is 1.12. The zero-order valence-electron chi connectivity index (χ0n) is 11.7. The molecule has 1 saturated heterocycles. The lowest BCUT2D eigenvalue weighted by atomic mass is 9.97. The SMILES string of the molecule is CCCS(=O)(=O)c1c(N)nsc1N1CCC(O)C(C)C1. The molecule has 2 rings (SSSR count). The lowest BCUT2D eigenvalue weighted by Crippen LogP contribution is -2.42. The van der Waals surface area contributed by atoms with E-state index in [1.807, 2.05) is 18.7 Å². The summed E-state index contributed by atoms with van der Waals surface area (Å²) in [5.41, 5.74) is 5.77. The third-order valence-corrected chi connectivity index (χ3v) is 6.61. The topological polar surface area (TPSA) is 96.5 Å². The fourth-order valence-electron chi connectivity index (χ4n) is 2.47. The summed E-state index contributed by atoms with van der Waals surface area (Å²) >= 11 is 1.13. The first-order valence-corrected chi connectivity index (χ1v) is 9.20. The van der Waals surface area contributed by atoms with Gasteiger partial charge in [-0.05, 0) is 30.3 Å². The van der Waals surface area contributed by atoms with E-state index in [0.717, 1.165) is 11.5 Å². The number of rotatable bonds is 4. The fourth-order valence-corrected chi connectivity index (χ4v) is 5.26. The van der Waals surface area contributed by atoms with E-state index >= 15 is 0 Å². The summed E-state index contributed by atoms with van der Waals surface area (Å²) in [6.45, 7) is 5.03. The fraction of sp³-hybridized carbons (Fsp3) is 0.750. The van der Waals surface area contributed by atoms with E-state index in [1.165, 1.54) is 0 Å². The first kappa shape index (κ1) is 15.5. The second-order valence-corrected chi connectivity index (χ2v) is 8.10. The molecule has 1 aliphatic heterocycles. The molecule has 20 heavy (non-hydrogen) atoms. The Morgan fingerprint density at radius 3 is 2.85 bits per heavy atom. The average molecular weight is 319 g/mol. The molecule has 0 bridgehead atoms. The van der Waals surface area contributed by atoms with Gasteiger partial charge in [0.2, 0.25) is 0 Å². The first-order valence-electron chi connectivity index (χ1n) is 6.77. The summed E-state index contributed by atoms with van der Waals surface area (Å²) < 4.78 is 28.7. The minimum Gasteiger partial charge on any atom is -0.393 e. The van der Waals surface area contributed by atoms with Gasteiger partial charge in [0.25, 0.3) is 0 Å². The molecule has 0 amide bonds. The van der Waals surface area contributed by atoms with Gasteiger partial charge < -0.3 is 15.7 Å². The molecule has 2 atom stereocenters. The van der Waals surface area contributed by atoms with Gasteiger partial charge in [0, 0.05) is 13.1 Å². The van der Waals surface area contributed by atoms with Crippen molar-refractivity contribution in [2.24, 2.45) is 5.92 Å². The molecule has 114 valence electrons. The van der Waals surface area contributed by atoms with Crippen LogP contribution in [0.5, 0.6) is 0 Å².